The molecular formula is C34H36N4O3. The van der Waals surface area contributed by atoms with Crippen LogP contribution < -0.4 is 15.0 Å². The van der Waals surface area contributed by atoms with Crippen molar-refractivity contribution < 1.29 is 9.47 Å². The van der Waals surface area contributed by atoms with E-state index in [2.05, 4.69) is 37.5 Å². The lowest BCUT2D eigenvalue weighted by atomic mass is 9.96. The van der Waals surface area contributed by atoms with Gasteiger partial charge in [-0.05, 0) is 87.2 Å². The van der Waals surface area contributed by atoms with Crippen LogP contribution in [-0.4, -0.2) is 34.2 Å². The Morgan fingerprint density at radius 3 is 2.51 bits per heavy atom. The molecule has 0 saturated carbocycles. The lowest BCUT2D eigenvalue weighted by Gasteiger charge is -2.18. The van der Waals surface area contributed by atoms with Gasteiger partial charge in [-0.3, -0.25) is 4.79 Å². The Morgan fingerprint density at radius 2 is 1.78 bits per heavy atom. The Hall–Kier alpha value is -4.65. The number of ether oxygens (including phenoxy) is 2. The van der Waals surface area contributed by atoms with Crippen LogP contribution in [0.25, 0.3) is 28.0 Å². The topological polar surface area (TPSA) is 70.6 Å². The molecule has 0 aliphatic carbocycles. The summed E-state index contributed by atoms with van der Waals surface area (Å²) in [6.07, 6.45) is 1.74. The highest BCUT2D eigenvalue weighted by atomic mass is 16.5. The van der Waals surface area contributed by atoms with Gasteiger partial charge in [0.2, 0.25) is 0 Å². The SMILES string of the molecule is CCOc1cc(C)c(-c2nc3ccccc3c(=O)n2N=Cc2cc(C)n(-c3cccc(OC)c3)c2C)cc1C(C)C. The molecule has 0 fully saturated rings. The molecule has 3 aromatic carbocycles. The number of hydrogen-bond donors (Lipinski definition) is 0. The summed E-state index contributed by atoms with van der Waals surface area (Å²) < 4.78 is 15.0. The molecule has 0 saturated heterocycles. The van der Waals surface area contributed by atoms with Crippen LogP contribution >= 0.6 is 0 Å². The summed E-state index contributed by atoms with van der Waals surface area (Å²) in [4.78, 5) is 18.8. The number of para-hydroxylation sites is 1. The highest BCUT2D eigenvalue weighted by Gasteiger charge is 2.19. The lowest BCUT2D eigenvalue weighted by Crippen LogP contribution is -2.21. The number of nitrogens with zero attached hydrogens (tertiary/aromatic N) is 4. The average Bonchev–Trinajstić information content (AvgIpc) is 3.25. The van der Waals surface area contributed by atoms with Crippen LogP contribution in [0.2, 0.25) is 0 Å². The third kappa shape index (κ3) is 5.27. The average molecular weight is 549 g/mol. The third-order valence-electron chi connectivity index (χ3n) is 7.37. The van der Waals surface area contributed by atoms with Crippen molar-refractivity contribution in [1.29, 1.82) is 0 Å². The van der Waals surface area contributed by atoms with Gasteiger partial charge in [-0.1, -0.05) is 32.0 Å². The van der Waals surface area contributed by atoms with E-state index in [1.807, 2.05) is 69.3 Å². The zero-order valence-corrected chi connectivity index (χ0v) is 24.7. The maximum atomic E-state index is 13.9. The van der Waals surface area contributed by atoms with Crippen LogP contribution in [0.5, 0.6) is 11.5 Å². The summed E-state index contributed by atoms with van der Waals surface area (Å²) in [6.45, 7) is 12.9. The van der Waals surface area contributed by atoms with Gasteiger partial charge in [0.05, 0.1) is 30.8 Å². The van der Waals surface area contributed by atoms with Crippen molar-refractivity contribution in [3.8, 4) is 28.6 Å². The molecule has 5 rings (SSSR count). The monoisotopic (exact) mass is 548 g/mol. The Balaban J connectivity index is 1.69. The molecule has 0 N–H and O–H groups in total. The quantitative estimate of drug-likeness (QED) is 0.192. The molecule has 0 bridgehead atoms. The third-order valence-corrected chi connectivity index (χ3v) is 7.37. The molecule has 5 aromatic rings. The predicted octanol–water partition coefficient (Wildman–Crippen LogP) is 7.19. The molecule has 0 unspecified atom stereocenters. The van der Waals surface area contributed by atoms with Crippen molar-refractivity contribution in [2.45, 2.75) is 47.5 Å². The van der Waals surface area contributed by atoms with E-state index < -0.39 is 0 Å². The highest BCUT2D eigenvalue weighted by Crippen LogP contribution is 2.34. The first-order chi connectivity index (χ1) is 19.7. The molecule has 2 aromatic heterocycles. The summed E-state index contributed by atoms with van der Waals surface area (Å²) in [5.74, 6) is 2.36. The minimum atomic E-state index is -0.220. The van der Waals surface area contributed by atoms with E-state index in [0.29, 0.717) is 23.3 Å². The first-order valence-corrected chi connectivity index (χ1v) is 13.9. The van der Waals surface area contributed by atoms with E-state index in [1.165, 1.54) is 4.68 Å². The van der Waals surface area contributed by atoms with Crippen molar-refractivity contribution in [2.75, 3.05) is 13.7 Å². The van der Waals surface area contributed by atoms with E-state index >= 15 is 0 Å². The van der Waals surface area contributed by atoms with Gasteiger partial charge in [-0.15, -0.1) is 0 Å². The highest BCUT2D eigenvalue weighted by molar-refractivity contribution is 5.84. The van der Waals surface area contributed by atoms with Crippen molar-refractivity contribution in [3.63, 3.8) is 0 Å². The summed E-state index contributed by atoms with van der Waals surface area (Å²) in [5.41, 5.74) is 7.23. The summed E-state index contributed by atoms with van der Waals surface area (Å²) >= 11 is 0. The molecule has 0 amide bonds. The fourth-order valence-electron chi connectivity index (χ4n) is 5.26. The largest absolute Gasteiger partial charge is 0.497 e. The molecule has 0 spiro atoms. The first kappa shape index (κ1) is 27.9. The Labute approximate surface area is 240 Å². The van der Waals surface area contributed by atoms with Crippen LogP contribution in [0, 0.1) is 20.8 Å². The first-order valence-electron chi connectivity index (χ1n) is 13.9. The van der Waals surface area contributed by atoms with Crippen LogP contribution in [-0.2, 0) is 0 Å². The molecule has 2 heterocycles. The number of benzene rings is 3. The zero-order chi connectivity index (χ0) is 29.3. The molecule has 0 radical (unpaired) electrons. The van der Waals surface area contributed by atoms with E-state index in [-0.39, 0.29) is 11.5 Å². The van der Waals surface area contributed by atoms with Gasteiger partial charge in [0, 0.05) is 34.3 Å². The summed E-state index contributed by atoms with van der Waals surface area (Å²) in [7, 11) is 1.66. The van der Waals surface area contributed by atoms with Crippen LogP contribution in [0.4, 0.5) is 0 Å². The van der Waals surface area contributed by atoms with Gasteiger partial charge in [0.15, 0.2) is 5.82 Å². The number of rotatable bonds is 8. The molecular weight excluding hydrogens is 512 g/mol. The molecule has 210 valence electrons. The van der Waals surface area contributed by atoms with Gasteiger partial charge >= 0.3 is 0 Å². The van der Waals surface area contributed by atoms with Gasteiger partial charge in [0.1, 0.15) is 11.5 Å². The maximum absolute atomic E-state index is 13.9. The Bertz CT molecular complexity index is 1830. The van der Waals surface area contributed by atoms with Crippen LogP contribution in [0.15, 0.2) is 76.6 Å². The van der Waals surface area contributed by atoms with E-state index in [4.69, 9.17) is 19.6 Å². The number of fused-ring (bicyclic) bond motifs is 1. The van der Waals surface area contributed by atoms with E-state index in [0.717, 1.165) is 50.8 Å². The molecule has 0 aliphatic rings. The van der Waals surface area contributed by atoms with Crippen molar-refractivity contribution >= 4 is 17.1 Å². The van der Waals surface area contributed by atoms with Gasteiger partial charge in [-0.2, -0.15) is 9.78 Å². The maximum Gasteiger partial charge on any atom is 0.282 e. The van der Waals surface area contributed by atoms with Gasteiger partial charge < -0.3 is 14.0 Å². The minimum absolute atomic E-state index is 0.220. The van der Waals surface area contributed by atoms with Crippen molar-refractivity contribution in [2.24, 2.45) is 5.10 Å². The Kier molecular flexibility index (Phi) is 7.79. The number of methoxy groups -OCH3 is 1. The smallest absolute Gasteiger partial charge is 0.282 e. The van der Waals surface area contributed by atoms with E-state index in [9.17, 15) is 4.79 Å². The standard InChI is InChI=1S/C34H36N4O3/c1-8-41-32-16-22(4)30(19-29(32)21(2)3)33-36-31-15-10-9-14-28(31)34(39)38(33)35-20-25-17-23(5)37(24(25)6)26-12-11-13-27(18-26)40-7/h9-21H,8H2,1-7H3. The van der Waals surface area contributed by atoms with Gasteiger partial charge in [-0.25, -0.2) is 4.98 Å². The minimum Gasteiger partial charge on any atom is -0.497 e. The summed E-state index contributed by atoms with van der Waals surface area (Å²) in [5, 5.41) is 5.28. The fraction of sp³-hybridized carbons (Fsp3) is 0.265. The number of hydrogen-bond acceptors (Lipinski definition) is 5. The number of aromatic nitrogens is 3. The van der Waals surface area contributed by atoms with Crippen molar-refractivity contribution in [3.05, 3.63) is 105 Å². The summed E-state index contributed by atoms with van der Waals surface area (Å²) in [6, 6.07) is 21.5. The zero-order valence-electron chi connectivity index (χ0n) is 24.7. The molecule has 0 aliphatic heterocycles. The number of aryl methyl sites for hydroxylation is 2. The van der Waals surface area contributed by atoms with Crippen LogP contribution in [0.1, 0.15) is 54.8 Å². The molecule has 7 nitrogen and oxygen atoms in total. The fourth-order valence-corrected chi connectivity index (χ4v) is 5.26. The lowest BCUT2D eigenvalue weighted by molar-refractivity contribution is 0.335. The second-order valence-electron chi connectivity index (χ2n) is 10.5. The second kappa shape index (κ2) is 11.5. The van der Waals surface area contributed by atoms with Gasteiger partial charge in [0.25, 0.3) is 5.56 Å². The second-order valence-corrected chi connectivity index (χ2v) is 10.5. The molecule has 41 heavy (non-hydrogen) atoms. The van der Waals surface area contributed by atoms with Crippen molar-refractivity contribution in [1.82, 2.24) is 14.2 Å². The molecule has 0 atom stereocenters. The Morgan fingerprint density at radius 1 is 1.00 bits per heavy atom. The van der Waals surface area contributed by atoms with Crippen LogP contribution in [0.3, 0.4) is 0 Å². The predicted molar refractivity (Wildman–Crippen MR) is 166 cm³/mol. The molecule has 7 heteroatoms. The van der Waals surface area contributed by atoms with E-state index in [1.54, 1.807) is 19.4 Å². The normalized spacial score (nSPS) is 11.6.